The zero-order valence-corrected chi connectivity index (χ0v) is 15.8. The van der Waals surface area contributed by atoms with Crippen LogP contribution in [0.4, 0.5) is 5.69 Å². The first kappa shape index (κ1) is 18.0. The molecule has 1 heterocycles. The first-order chi connectivity index (χ1) is 11.9. The molecule has 0 spiro atoms. The molecule has 134 valence electrons. The molecule has 0 atom stereocenters. The van der Waals surface area contributed by atoms with Crippen LogP contribution in [0.5, 0.6) is 5.75 Å². The van der Waals surface area contributed by atoms with Gasteiger partial charge in [-0.05, 0) is 36.8 Å². The van der Waals surface area contributed by atoms with Gasteiger partial charge < -0.3 is 9.64 Å². The fraction of sp³-hybridized carbons (Fsp3) is 0.333. The average molecular weight is 381 g/mol. The van der Waals surface area contributed by atoms with Gasteiger partial charge in [0.2, 0.25) is 10.0 Å². The molecule has 0 aromatic heterocycles. The molecule has 3 rings (SSSR count). The number of ether oxygens (including phenoxy) is 1. The van der Waals surface area contributed by atoms with E-state index in [9.17, 15) is 8.42 Å². The van der Waals surface area contributed by atoms with Gasteiger partial charge in [0.05, 0.1) is 17.7 Å². The van der Waals surface area contributed by atoms with Crippen LogP contribution in [0.1, 0.15) is 5.56 Å². The van der Waals surface area contributed by atoms with E-state index >= 15 is 0 Å². The lowest BCUT2D eigenvalue weighted by atomic mass is 10.2. The highest BCUT2D eigenvalue weighted by atomic mass is 35.5. The zero-order chi connectivity index (χ0) is 18.0. The molecule has 7 heteroatoms. The summed E-state index contributed by atoms with van der Waals surface area (Å²) in [6, 6.07) is 12.5. The maximum atomic E-state index is 12.9. The summed E-state index contributed by atoms with van der Waals surface area (Å²) < 4.78 is 32.7. The number of hydrogen-bond acceptors (Lipinski definition) is 4. The van der Waals surface area contributed by atoms with E-state index in [1.54, 1.807) is 29.6 Å². The molecular weight excluding hydrogens is 360 g/mol. The first-order valence-electron chi connectivity index (χ1n) is 8.08. The third kappa shape index (κ3) is 3.61. The number of halogens is 1. The highest BCUT2D eigenvalue weighted by Gasteiger charge is 2.30. The SMILES string of the molecule is COc1ccc(Cl)cc1N1CCN(S(=O)(=O)c2ccccc2C)CC1. The number of benzene rings is 2. The smallest absolute Gasteiger partial charge is 0.243 e. The topological polar surface area (TPSA) is 49.9 Å². The standard InChI is InChI=1S/C18H21ClN2O3S/c1-14-5-3-4-6-18(14)25(22,23)21-11-9-20(10-12-21)16-13-15(19)7-8-17(16)24-2/h3-8,13H,9-12H2,1-2H3. The summed E-state index contributed by atoms with van der Waals surface area (Å²) in [4.78, 5) is 2.48. The summed E-state index contributed by atoms with van der Waals surface area (Å²) in [6.07, 6.45) is 0. The van der Waals surface area contributed by atoms with Crippen molar-refractivity contribution >= 4 is 27.3 Å². The van der Waals surface area contributed by atoms with Crippen molar-refractivity contribution in [3.63, 3.8) is 0 Å². The fourth-order valence-electron chi connectivity index (χ4n) is 3.06. The van der Waals surface area contributed by atoms with Crippen LogP contribution in [0.3, 0.4) is 0 Å². The van der Waals surface area contributed by atoms with E-state index in [0.29, 0.717) is 36.1 Å². The summed E-state index contributed by atoms with van der Waals surface area (Å²) in [5.41, 5.74) is 1.66. The van der Waals surface area contributed by atoms with E-state index in [0.717, 1.165) is 17.0 Å². The summed E-state index contributed by atoms with van der Waals surface area (Å²) in [5.74, 6) is 0.736. The second-order valence-electron chi connectivity index (χ2n) is 5.97. The average Bonchev–Trinajstić information content (AvgIpc) is 2.62. The number of rotatable bonds is 4. The van der Waals surface area contributed by atoms with Crippen molar-refractivity contribution in [1.29, 1.82) is 0 Å². The van der Waals surface area contributed by atoms with Crippen LogP contribution in [0.25, 0.3) is 0 Å². The van der Waals surface area contributed by atoms with Gasteiger partial charge in [-0.3, -0.25) is 0 Å². The van der Waals surface area contributed by atoms with Crippen LogP contribution in [0, 0.1) is 6.92 Å². The van der Waals surface area contributed by atoms with E-state index < -0.39 is 10.0 Å². The molecule has 0 aliphatic carbocycles. The number of nitrogens with zero attached hydrogens (tertiary/aromatic N) is 2. The van der Waals surface area contributed by atoms with Crippen molar-refractivity contribution in [3.8, 4) is 5.75 Å². The predicted molar refractivity (Wildman–Crippen MR) is 100 cm³/mol. The van der Waals surface area contributed by atoms with Gasteiger partial charge in [0.15, 0.2) is 0 Å². The largest absolute Gasteiger partial charge is 0.495 e. The lowest BCUT2D eigenvalue weighted by Gasteiger charge is -2.36. The summed E-state index contributed by atoms with van der Waals surface area (Å²) >= 11 is 6.10. The summed E-state index contributed by atoms with van der Waals surface area (Å²) in [7, 11) is -1.86. The van der Waals surface area contributed by atoms with Crippen LogP contribution in [0.15, 0.2) is 47.4 Å². The zero-order valence-electron chi connectivity index (χ0n) is 14.3. The van der Waals surface area contributed by atoms with E-state index in [1.807, 2.05) is 31.2 Å². The first-order valence-corrected chi connectivity index (χ1v) is 9.89. The Labute approximate surface area is 153 Å². The number of sulfonamides is 1. The molecule has 2 aromatic rings. The molecule has 1 fully saturated rings. The minimum Gasteiger partial charge on any atom is -0.495 e. The molecule has 0 saturated carbocycles. The monoisotopic (exact) mass is 380 g/mol. The maximum Gasteiger partial charge on any atom is 0.243 e. The van der Waals surface area contributed by atoms with Crippen molar-refractivity contribution < 1.29 is 13.2 Å². The molecule has 2 aromatic carbocycles. The molecule has 5 nitrogen and oxygen atoms in total. The van der Waals surface area contributed by atoms with Gasteiger partial charge in [0, 0.05) is 31.2 Å². The van der Waals surface area contributed by atoms with Gasteiger partial charge in [-0.1, -0.05) is 29.8 Å². The molecule has 0 bridgehead atoms. The van der Waals surface area contributed by atoms with Gasteiger partial charge in [0.25, 0.3) is 0 Å². The Morgan fingerprint density at radius 2 is 1.72 bits per heavy atom. The Bertz CT molecular complexity index is 862. The normalized spacial score (nSPS) is 16.0. The van der Waals surface area contributed by atoms with Gasteiger partial charge >= 0.3 is 0 Å². The third-order valence-electron chi connectivity index (χ3n) is 4.43. The van der Waals surface area contributed by atoms with Crippen molar-refractivity contribution in [2.24, 2.45) is 0 Å². The van der Waals surface area contributed by atoms with Crippen molar-refractivity contribution in [2.45, 2.75) is 11.8 Å². The maximum absolute atomic E-state index is 12.9. The van der Waals surface area contributed by atoms with Crippen LogP contribution in [-0.2, 0) is 10.0 Å². The van der Waals surface area contributed by atoms with Gasteiger partial charge in [-0.25, -0.2) is 8.42 Å². The summed E-state index contributed by atoms with van der Waals surface area (Å²) in [5, 5.41) is 0.630. The quantitative estimate of drug-likeness (QED) is 0.817. The van der Waals surface area contributed by atoms with Crippen LogP contribution in [-0.4, -0.2) is 46.0 Å². The van der Waals surface area contributed by atoms with Crippen LogP contribution >= 0.6 is 11.6 Å². The Kier molecular flexibility index (Phi) is 5.22. The second kappa shape index (κ2) is 7.23. The van der Waals surface area contributed by atoms with E-state index in [2.05, 4.69) is 4.90 Å². The van der Waals surface area contributed by atoms with E-state index in [1.165, 1.54) is 0 Å². The number of piperazine rings is 1. The number of methoxy groups -OCH3 is 1. The highest BCUT2D eigenvalue weighted by molar-refractivity contribution is 7.89. The van der Waals surface area contributed by atoms with Crippen molar-refractivity contribution in [2.75, 3.05) is 38.2 Å². The molecule has 1 saturated heterocycles. The molecule has 1 aliphatic rings. The lowest BCUT2D eigenvalue weighted by Crippen LogP contribution is -2.48. The predicted octanol–water partition coefficient (Wildman–Crippen LogP) is 3.17. The van der Waals surface area contributed by atoms with Gasteiger partial charge in [-0.15, -0.1) is 0 Å². The van der Waals surface area contributed by atoms with Crippen molar-refractivity contribution in [3.05, 3.63) is 53.1 Å². The van der Waals surface area contributed by atoms with Gasteiger partial charge in [-0.2, -0.15) is 4.31 Å². The van der Waals surface area contributed by atoms with E-state index in [-0.39, 0.29) is 0 Å². The van der Waals surface area contributed by atoms with Crippen LogP contribution < -0.4 is 9.64 Å². The lowest BCUT2D eigenvalue weighted by molar-refractivity contribution is 0.378. The molecule has 0 amide bonds. The van der Waals surface area contributed by atoms with Crippen LogP contribution in [0.2, 0.25) is 5.02 Å². The Balaban J connectivity index is 1.78. The number of hydrogen-bond donors (Lipinski definition) is 0. The minimum absolute atomic E-state index is 0.379. The minimum atomic E-state index is -3.47. The Morgan fingerprint density at radius 3 is 2.36 bits per heavy atom. The molecule has 1 aliphatic heterocycles. The highest BCUT2D eigenvalue weighted by Crippen LogP contribution is 2.32. The molecule has 0 radical (unpaired) electrons. The Morgan fingerprint density at radius 1 is 1.04 bits per heavy atom. The number of anilines is 1. The Hall–Kier alpha value is -1.76. The third-order valence-corrected chi connectivity index (χ3v) is 6.73. The van der Waals surface area contributed by atoms with E-state index in [4.69, 9.17) is 16.3 Å². The number of aryl methyl sites for hydroxylation is 1. The van der Waals surface area contributed by atoms with Gasteiger partial charge in [0.1, 0.15) is 5.75 Å². The second-order valence-corrected chi connectivity index (χ2v) is 8.32. The summed E-state index contributed by atoms with van der Waals surface area (Å²) in [6.45, 7) is 3.84. The molecular formula is C18H21ClN2O3S. The molecule has 0 N–H and O–H groups in total. The fourth-order valence-corrected chi connectivity index (χ4v) is 4.88. The molecule has 0 unspecified atom stereocenters. The van der Waals surface area contributed by atoms with Crippen molar-refractivity contribution in [1.82, 2.24) is 4.31 Å². The molecule has 25 heavy (non-hydrogen) atoms.